The van der Waals surface area contributed by atoms with Crippen LogP contribution in [0.2, 0.25) is 0 Å². The van der Waals surface area contributed by atoms with Crippen molar-refractivity contribution in [3.63, 3.8) is 0 Å². The van der Waals surface area contributed by atoms with Crippen molar-refractivity contribution in [3.05, 3.63) is 0 Å². The van der Waals surface area contributed by atoms with Gasteiger partial charge in [0.2, 0.25) is 5.91 Å². The summed E-state index contributed by atoms with van der Waals surface area (Å²) in [6, 6.07) is 0.699. The Balaban J connectivity index is 1.95. The van der Waals surface area contributed by atoms with Crippen molar-refractivity contribution in [1.29, 1.82) is 0 Å². The van der Waals surface area contributed by atoms with Crippen molar-refractivity contribution in [2.45, 2.75) is 66.0 Å². The van der Waals surface area contributed by atoms with E-state index in [1.165, 1.54) is 19.3 Å². The Hall–Kier alpha value is -0.570. The average molecular weight is 252 g/mol. The number of carbonyl (C=O) groups excluding carboxylic acids is 1. The maximum atomic E-state index is 11.8. The first-order valence-corrected chi connectivity index (χ1v) is 7.28. The summed E-state index contributed by atoms with van der Waals surface area (Å²) < 4.78 is 0. The van der Waals surface area contributed by atoms with E-state index in [-0.39, 0.29) is 11.9 Å². The van der Waals surface area contributed by atoms with Gasteiger partial charge in [0.05, 0.1) is 6.54 Å². The van der Waals surface area contributed by atoms with Crippen LogP contribution in [0.3, 0.4) is 0 Å². The lowest BCUT2D eigenvalue weighted by molar-refractivity contribution is -0.121. The molecule has 2 aliphatic carbocycles. The van der Waals surface area contributed by atoms with E-state index >= 15 is 0 Å². The number of carbonyl (C=O) groups is 1. The zero-order valence-corrected chi connectivity index (χ0v) is 12.5. The third-order valence-electron chi connectivity index (χ3n) is 5.19. The van der Waals surface area contributed by atoms with Gasteiger partial charge in [0, 0.05) is 12.1 Å². The zero-order chi connectivity index (χ0) is 13.6. The van der Waals surface area contributed by atoms with Crippen LogP contribution in [0.15, 0.2) is 0 Å². The number of hydrogen-bond donors (Lipinski definition) is 2. The van der Waals surface area contributed by atoms with Gasteiger partial charge < -0.3 is 10.6 Å². The van der Waals surface area contributed by atoms with Gasteiger partial charge in [-0.2, -0.15) is 0 Å². The largest absolute Gasteiger partial charge is 0.353 e. The van der Waals surface area contributed by atoms with Gasteiger partial charge in [0.25, 0.3) is 0 Å². The SMILES string of the molecule is CC(C)NC(=O)CNC1C(C)(C)[C@H]2CC[C@]1(C)C2. The summed E-state index contributed by atoms with van der Waals surface area (Å²) in [6.07, 6.45) is 3.99. The molecule has 0 aromatic carbocycles. The molecule has 0 aromatic rings. The first kappa shape index (κ1) is 13.9. The molecule has 2 bridgehead atoms. The zero-order valence-electron chi connectivity index (χ0n) is 12.5. The fraction of sp³-hybridized carbons (Fsp3) is 0.933. The van der Waals surface area contributed by atoms with Crippen LogP contribution < -0.4 is 10.6 Å². The van der Waals surface area contributed by atoms with E-state index in [2.05, 4.69) is 31.4 Å². The van der Waals surface area contributed by atoms with E-state index in [1.807, 2.05) is 13.8 Å². The number of hydrogen-bond acceptors (Lipinski definition) is 2. The number of fused-ring (bicyclic) bond motifs is 2. The van der Waals surface area contributed by atoms with Crippen LogP contribution in [0.5, 0.6) is 0 Å². The van der Waals surface area contributed by atoms with E-state index in [9.17, 15) is 4.79 Å². The smallest absolute Gasteiger partial charge is 0.234 e. The topological polar surface area (TPSA) is 41.1 Å². The van der Waals surface area contributed by atoms with Crippen molar-refractivity contribution >= 4 is 5.91 Å². The second-order valence-corrected chi connectivity index (χ2v) is 7.45. The highest BCUT2D eigenvalue weighted by molar-refractivity contribution is 5.78. The fourth-order valence-corrected chi connectivity index (χ4v) is 4.38. The summed E-state index contributed by atoms with van der Waals surface area (Å²) in [6.45, 7) is 11.6. The summed E-state index contributed by atoms with van der Waals surface area (Å²) in [5.41, 5.74) is 0.720. The molecule has 2 fully saturated rings. The third kappa shape index (κ3) is 2.29. The molecule has 0 heterocycles. The predicted molar refractivity (Wildman–Crippen MR) is 74.3 cm³/mol. The highest BCUT2D eigenvalue weighted by atomic mass is 16.1. The molecule has 18 heavy (non-hydrogen) atoms. The molecule has 0 saturated heterocycles. The lowest BCUT2D eigenvalue weighted by Crippen LogP contribution is -2.53. The Labute approximate surface area is 111 Å². The Kier molecular flexibility index (Phi) is 3.48. The van der Waals surface area contributed by atoms with Gasteiger partial charge in [-0.15, -0.1) is 0 Å². The standard InChI is InChI=1S/C15H28N2O/c1-10(2)17-12(18)9-16-13-14(3,4)11-6-7-15(13,5)8-11/h10-11,13,16H,6-9H2,1-5H3,(H,17,18)/t11-,13?,15+/m0/s1. The first-order chi connectivity index (χ1) is 8.25. The van der Waals surface area contributed by atoms with E-state index in [4.69, 9.17) is 0 Å². The average Bonchev–Trinajstić information content (AvgIpc) is 2.67. The Morgan fingerprint density at radius 2 is 2.00 bits per heavy atom. The number of amides is 1. The minimum absolute atomic E-state index is 0.118. The molecule has 3 atom stereocenters. The highest BCUT2D eigenvalue weighted by Crippen LogP contribution is 2.62. The maximum absolute atomic E-state index is 11.8. The molecule has 0 aliphatic heterocycles. The molecule has 3 heteroatoms. The molecule has 3 nitrogen and oxygen atoms in total. The highest BCUT2D eigenvalue weighted by Gasteiger charge is 2.58. The van der Waals surface area contributed by atoms with E-state index in [0.717, 1.165) is 5.92 Å². The Bertz CT molecular complexity index is 333. The minimum Gasteiger partial charge on any atom is -0.353 e. The van der Waals surface area contributed by atoms with Gasteiger partial charge in [0.15, 0.2) is 0 Å². The lowest BCUT2D eigenvalue weighted by atomic mass is 9.68. The van der Waals surface area contributed by atoms with Gasteiger partial charge in [-0.1, -0.05) is 20.8 Å². The molecule has 0 aromatic heterocycles. The van der Waals surface area contributed by atoms with Crippen molar-refractivity contribution in [3.8, 4) is 0 Å². The van der Waals surface area contributed by atoms with Gasteiger partial charge in [-0.25, -0.2) is 0 Å². The summed E-state index contributed by atoms with van der Waals surface area (Å²) in [5.74, 6) is 0.945. The van der Waals surface area contributed by atoms with Crippen LogP contribution in [0.4, 0.5) is 0 Å². The summed E-state index contributed by atoms with van der Waals surface area (Å²) in [4.78, 5) is 11.8. The van der Waals surface area contributed by atoms with Crippen LogP contribution in [-0.2, 0) is 4.79 Å². The van der Waals surface area contributed by atoms with E-state index < -0.39 is 0 Å². The van der Waals surface area contributed by atoms with Crippen molar-refractivity contribution in [2.24, 2.45) is 16.7 Å². The quantitative estimate of drug-likeness (QED) is 0.806. The molecule has 104 valence electrons. The molecular formula is C15H28N2O. The normalized spacial score (nSPS) is 37.2. The summed E-state index contributed by atoms with van der Waals surface area (Å²) >= 11 is 0. The van der Waals surface area contributed by atoms with E-state index in [1.54, 1.807) is 0 Å². The molecule has 1 amide bonds. The molecular weight excluding hydrogens is 224 g/mol. The third-order valence-corrected chi connectivity index (χ3v) is 5.19. The minimum atomic E-state index is 0.118. The van der Waals surface area contributed by atoms with Crippen LogP contribution in [0.1, 0.15) is 53.9 Å². The van der Waals surface area contributed by atoms with Gasteiger partial charge in [-0.3, -0.25) is 4.79 Å². The molecule has 2 aliphatic rings. The second kappa shape index (κ2) is 4.52. The Morgan fingerprint density at radius 3 is 2.50 bits per heavy atom. The van der Waals surface area contributed by atoms with Gasteiger partial charge in [-0.05, 0) is 49.9 Å². The second-order valence-electron chi connectivity index (χ2n) is 7.45. The Morgan fingerprint density at radius 1 is 1.33 bits per heavy atom. The fourth-order valence-electron chi connectivity index (χ4n) is 4.38. The van der Waals surface area contributed by atoms with Crippen LogP contribution in [-0.4, -0.2) is 24.5 Å². The lowest BCUT2D eigenvalue weighted by Gasteiger charge is -2.43. The van der Waals surface area contributed by atoms with Gasteiger partial charge >= 0.3 is 0 Å². The summed E-state index contributed by atoms with van der Waals surface area (Å²) in [7, 11) is 0. The summed E-state index contributed by atoms with van der Waals surface area (Å²) in [5, 5.41) is 6.49. The molecule has 0 radical (unpaired) electrons. The van der Waals surface area contributed by atoms with Crippen molar-refractivity contribution < 1.29 is 4.79 Å². The monoisotopic (exact) mass is 252 g/mol. The van der Waals surface area contributed by atoms with Crippen molar-refractivity contribution in [1.82, 2.24) is 10.6 Å². The predicted octanol–water partition coefficient (Wildman–Crippen LogP) is 2.32. The molecule has 0 spiro atoms. The molecule has 2 rings (SSSR count). The molecule has 2 N–H and O–H groups in total. The maximum Gasteiger partial charge on any atom is 0.234 e. The van der Waals surface area contributed by atoms with Crippen LogP contribution in [0.25, 0.3) is 0 Å². The van der Waals surface area contributed by atoms with Crippen molar-refractivity contribution in [2.75, 3.05) is 6.54 Å². The molecule has 2 saturated carbocycles. The first-order valence-electron chi connectivity index (χ1n) is 7.28. The van der Waals surface area contributed by atoms with E-state index in [0.29, 0.717) is 23.4 Å². The van der Waals surface area contributed by atoms with Crippen LogP contribution >= 0.6 is 0 Å². The van der Waals surface area contributed by atoms with Crippen LogP contribution in [0, 0.1) is 16.7 Å². The van der Waals surface area contributed by atoms with Gasteiger partial charge in [0.1, 0.15) is 0 Å². The number of rotatable bonds is 4. The molecule has 1 unspecified atom stereocenters. The number of nitrogens with one attached hydrogen (secondary N) is 2.